The van der Waals surface area contributed by atoms with Gasteiger partial charge in [-0.1, -0.05) is 0 Å². The van der Waals surface area contributed by atoms with E-state index in [2.05, 4.69) is 10.3 Å². The summed E-state index contributed by atoms with van der Waals surface area (Å²) in [5.74, 6) is 0. The first kappa shape index (κ1) is 16.2. The second-order valence-corrected chi connectivity index (χ2v) is 7.39. The molecule has 1 aromatic heterocycles. The lowest BCUT2D eigenvalue weighted by Gasteiger charge is -2.36. The van der Waals surface area contributed by atoms with Crippen LogP contribution in [0.1, 0.15) is 44.9 Å². The van der Waals surface area contributed by atoms with Crippen molar-refractivity contribution in [2.24, 2.45) is 0 Å². The highest BCUT2D eigenvalue weighted by Crippen LogP contribution is 2.20. The molecule has 0 radical (unpaired) electrons. The minimum Gasteiger partial charge on any atom is -0.444 e. The molecule has 0 bridgehead atoms. The highest BCUT2D eigenvalue weighted by molar-refractivity contribution is 7.09. The maximum Gasteiger partial charge on any atom is 0.410 e. The fourth-order valence-corrected chi connectivity index (χ4v) is 3.03. The largest absolute Gasteiger partial charge is 0.444 e. The molecule has 1 aliphatic heterocycles. The molecular weight excluding hydrogens is 286 g/mol. The molecule has 0 unspecified atom stereocenters. The summed E-state index contributed by atoms with van der Waals surface area (Å²) in [4.78, 5) is 19.4. The van der Waals surface area contributed by atoms with E-state index in [0.29, 0.717) is 0 Å². The van der Waals surface area contributed by atoms with Crippen LogP contribution in [0, 0.1) is 0 Å². The van der Waals surface area contributed by atoms with Gasteiger partial charge < -0.3 is 15.0 Å². The summed E-state index contributed by atoms with van der Waals surface area (Å²) in [5.41, 5.74) is 1.40. The van der Waals surface area contributed by atoms with E-state index < -0.39 is 5.60 Å². The van der Waals surface area contributed by atoms with Crippen molar-refractivity contribution < 1.29 is 9.53 Å². The molecule has 1 saturated heterocycles. The number of carbonyl (C=O) groups excluding carboxylic acids is 1. The van der Waals surface area contributed by atoms with Crippen LogP contribution in [0.5, 0.6) is 0 Å². The van der Waals surface area contributed by atoms with E-state index in [1.165, 1.54) is 11.3 Å². The van der Waals surface area contributed by atoms with Crippen LogP contribution < -0.4 is 5.32 Å². The van der Waals surface area contributed by atoms with Crippen molar-refractivity contribution in [3.63, 3.8) is 0 Å². The molecule has 1 fully saturated rings. The number of ether oxygens (including phenoxy) is 1. The van der Waals surface area contributed by atoms with Crippen molar-refractivity contribution in [2.45, 2.75) is 58.2 Å². The van der Waals surface area contributed by atoms with E-state index in [9.17, 15) is 4.79 Å². The van der Waals surface area contributed by atoms with Crippen LogP contribution in [0.25, 0.3) is 0 Å². The zero-order valence-electron chi connectivity index (χ0n) is 13.1. The summed E-state index contributed by atoms with van der Waals surface area (Å²) in [5, 5.41) is 3.43. The van der Waals surface area contributed by atoms with Gasteiger partial charge in [-0.3, -0.25) is 4.98 Å². The van der Waals surface area contributed by atoms with Gasteiger partial charge >= 0.3 is 6.09 Å². The van der Waals surface area contributed by atoms with E-state index >= 15 is 0 Å². The second kappa shape index (κ2) is 7.22. The molecule has 1 aliphatic rings. The molecule has 2 heterocycles. The highest BCUT2D eigenvalue weighted by atomic mass is 32.1. The van der Waals surface area contributed by atoms with Crippen molar-refractivity contribution in [2.75, 3.05) is 13.1 Å². The lowest BCUT2D eigenvalue weighted by Crippen LogP contribution is -2.50. The molecule has 0 aliphatic carbocycles. The molecule has 2 rings (SSSR count). The Hall–Kier alpha value is -1.14. The van der Waals surface area contributed by atoms with Gasteiger partial charge in [0.25, 0.3) is 0 Å². The number of rotatable bonds is 4. The first-order chi connectivity index (χ1) is 9.96. The van der Waals surface area contributed by atoms with E-state index in [4.69, 9.17) is 4.74 Å². The zero-order valence-corrected chi connectivity index (χ0v) is 13.9. The number of likely N-dealkylation sites (tertiary alicyclic amines) is 1. The molecule has 1 aromatic rings. The highest BCUT2D eigenvalue weighted by Gasteiger charge is 2.30. The summed E-state index contributed by atoms with van der Waals surface area (Å²) < 4.78 is 5.51. The van der Waals surface area contributed by atoms with Crippen LogP contribution in [0.3, 0.4) is 0 Å². The van der Waals surface area contributed by atoms with Crippen LogP contribution in [0.2, 0.25) is 0 Å². The van der Waals surface area contributed by atoms with E-state index in [-0.39, 0.29) is 12.1 Å². The monoisotopic (exact) mass is 311 g/mol. The Labute approximate surface area is 130 Å². The van der Waals surface area contributed by atoms with Crippen molar-refractivity contribution in [1.29, 1.82) is 0 Å². The normalized spacial score (nSPS) is 19.6. The number of thiazole rings is 1. The number of hydrogen-bond donors (Lipinski definition) is 1. The standard InChI is InChI=1S/C15H25N3O2S/c1-15(2,3)20-14(19)18-7-5-4-6-12(18)8-16-9-13-10-17-11-21-13/h10-12,16H,4-9H2,1-3H3/t12-/m0/s1. The fraction of sp³-hybridized carbons (Fsp3) is 0.733. The Bertz CT molecular complexity index is 442. The minimum absolute atomic E-state index is 0.188. The van der Waals surface area contributed by atoms with Gasteiger partial charge in [0.2, 0.25) is 0 Å². The second-order valence-electron chi connectivity index (χ2n) is 6.42. The third kappa shape index (κ3) is 5.28. The van der Waals surface area contributed by atoms with Crippen LogP contribution in [-0.2, 0) is 11.3 Å². The number of amides is 1. The molecule has 1 amide bonds. The van der Waals surface area contributed by atoms with Crippen molar-refractivity contribution in [3.05, 3.63) is 16.6 Å². The summed E-state index contributed by atoms with van der Waals surface area (Å²) in [6.45, 7) is 8.13. The molecule has 1 N–H and O–H groups in total. The van der Waals surface area contributed by atoms with E-state index in [1.54, 1.807) is 11.3 Å². The maximum atomic E-state index is 12.3. The summed E-state index contributed by atoms with van der Waals surface area (Å²) in [6, 6.07) is 0.224. The quantitative estimate of drug-likeness (QED) is 0.928. The minimum atomic E-state index is -0.435. The van der Waals surface area contributed by atoms with Gasteiger partial charge in [-0.05, 0) is 40.0 Å². The van der Waals surface area contributed by atoms with Gasteiger partial charge in [-0.15, -0.1) is 11.3 Å². The zero-order chi connectivity index (χ0) is 15.3. The van der Waals surface area contributed by atoms with Gasteiger partial charge in [-0.2, -0.15) is 0 Å². The molecule has 118 valence electrons. The number of nitrogens with one attached hydrogen (secondary N) is 1. The predicted octanol–water partition coefficient (Wildman–Crippen LogP) is 3.02. The molecular formula is C15H25N3O2S. The van der Waals surface area contributed by atoms with Crippen LogP contribution in [0.4, 0.5) is 4.79 Å². The number of hydrogen-bond acceptors (Lipinski definition) is 5. The average molecular weight is 311 g/mol. The molecule has 0 spiro atoms. The van der Waals surface area contributed by atoms with Crippen molar-refractivity contribution in [1.82, 2.24) is 15.2 Å². The third-order valence-electron chi connectivity index (χ3n) is 3.42. The summed E-state index contributed by atoms with van der Waals surface area (Å²) >= 11 is 1.65. The molecule has 21 heavy (non-hydrogen) atoms. The van der Waals surface area contributed by atoms with Gasteiger partial charge in [0, 0.05) is 36.8 Å². The predicted molar refractivity (Wildman–Crippen MR) is 84.4 cm³/mol. The van der Waals surface area contributed by atoms with Crippen LogP contribution in [-0.4, -0.2) is 40.7 Å². The smallest absolute Gasteiger partial charge is 0.410 e. The van der Waals surface area contributed by atoms with Gasteiger partial charge in [0.1, 0.15) is 5.60 Å². The lowest BCUT2D eigenvalue weighted by molar-refractivity contribution is 0.00994. The average Bonchev–Trinajstić information content (AvgIpc) is 2.90. The van der Waals surface area contributed by atoms with Gasteiger partial charge in [0.05, 0.1) is 5.51 Å². The topological polar surface area (TPSA) is 54.5 Å². The Kier molecular flexibility index (Phi) is 5.58. The van der Waals surface area contributed by atoms with Gasteiger partial charge in [0.15, 0.2) is 0 Å². The summed E-state index contributed by atoms with van der Waals surface area (Å²) in [6.07, 6.45) is 4.96. The Morgan fingerprint density at radius 1 is 1.52 bits per heavy atom. The number of nitrogens with zero attached hydrogens (tertiary/aromatic N) is 2. The first-order valence-electron chi connectivity index (χ1n) is 7.53. The van der Waals surface area contributed by atoms with E-state index in [0.717, 1.165) is 32.5 Å². The van der Waals surface area contributed by atoms with E-state index in [1.807, 2.05) is 37.4 Å². The number of aromatic nitrogens is 1. The number of piperidine rings is 1. The molecule has 0 saturated carbocycles. The molecule has 6 heteroatoms. The summed E-state index contributed by atoms with van der Waals surface area (Å²) in [7, 11) is 0. The van der Waals surface area contributed by atoms with Gasteiger partial charge in [-0.25, -0.2) is 4.79 Å². The number of carbonyl (C=O) groups is 1. The Balaban J connectivity index is 1.84. The molecule has 1 atom stereocenters. The first-order valence-corrected chi connectivity index (χ1v) is 8.41. The maximum absolute atomic E-state index is 12.3. The SMILES string of the molecule is CC(C)(C)OC(=O)N1CCCC[C@H]1CNCc1cncs1. The lowest BCUT2D eigenvalue weighted by atomic mass is 10.0. The fourth-order valence-electron chi connectivity index (χ4n) is 2.47. The molecule has 0 aromatic carbocycles. The van der Waals surface area contributed by atoms with Crippen LogP contribution in [0.15, 0.2) is 11.7 Å². The third-order valence-corrected chi connectivity index (χ3v) is 4.20. The van der Waals surface area contributed by atoms with Crippen LogP contribution >= 0.6 is 11.3 Å². The Morgan fingerprint density at radius 3 is 3.00 bits per heavy atom. The Morgan fingerprint density at radius 2 is 2.33 bits per heavy atom. The van der Waals surface area contributed by atoms with Crippen molar-refractivity contribution >= 4 is 17.4 Å². The van der Waals surface area contributed by atoms with Crippen molar-refractivity contribution in [3.8, 4) is 0 Å². The molecule has 5 nitrogen and oxygen atoms in total.